The van der Waals surface area contributed by atoms with Gasteiger partial charge in [0.2, 0.25) is 0 Å². The van der Waals surface area contributed by atoms with E-state index in [1.54, 1.807) is 12.1 Å². The Labute approximate surface area is 125 Å². The van der Waals surface area contributed by atoms with Gasteiger partial charge >= 0.3 is 0 Å². The van der Waals surface area contributed by atoms with Gasteiger partial charge in [-0.3, -0.25) is 10.6 Å². The van der Waals surface area contributed by atoms with Crippen LogP contribution >= 0.6 is 0 Å². The van der Waals surface area contributed by atoms with E-state index in [0.717, 1.165) is 31.0 Å². The molecule has 0 unspecified atom stereocenters. The summed E-state index contributed by atoms with van der Waals surface area (Å²) in [6, 6.07) is 15.9. The fourth-order valence-electron chi connectivity index (χ4n) is 2.62. The van der Waals surface area contributed by atoms with Crippen LogP contribution in [0.1, 0.15) is 5.56 Å². The molecular weight excluding hydrogens is 262 g/mol. The lowest BCUT2D eigenvalue weighted by molar-refractivity contribution is 0.475. The van der Waals surface area contributed by atoms with E-state index in [9.17, 15) is 5.11 Å². The van der Waals surface area contributed by atoms with Gasteiger partial charge in [0, 0.05) is 30.5 Å². The molecule has 1 aliphatic rings. The second kappa shape index (κ2) is 6.16. The summed E-state index contributed by atoms with van der Waals surface area (Å²) in [5.41, 5.74) is 3.36. The maximum Gasteiger partial charge on any atom is 0.117 e. The predicted molar refractivity (Wildman–Crippen MR) is 86.1 cm³/mol. The Balaban J connectivity index is 1.91. The van der Waals surface area contributed by atoms with Crippen molar-refractivity contribution in [1.82, 2.24) is 10.6 Å². The Bertz CT molecular complexity index is 591. The number of hydrogen-bond donors (Lipinski definition) is 3. The number of benzene rings is 2. The molecule has 0 amide bonds. The van der Waals surface area contributed by atoms with Crippen molar-refractivity contribution < 1.29 is 5.11 Å². The monoisotopic (exact) mass is 283 g/mol. The molecule has 0 aromatic heterocycles. The van der Waals surface area contributed by atoms with Gasteiger partial charge in [0.25, 0.3) is 0 Å². The van der Waals surface area contributed by atoms with Crippen LogP contribution in [0.4, 0.5) is 11.4 Å². The molecular formula is C17H21N3O. The second-order valence-corrected chi connectivity index (χ2v) is 5.43. The number of hydrogen-bond acceptors (Lipinski definition) is 4. The number of nitrogens with zero attached hydrogens (tertiary/aromatic N) is 1. The van der Waals surface area contributed by atoms with E-state index in [0.29, 0.717) is 0 Å². The number of anilines is 2. The van der Waals surface area contributed by atoms with Crippen LogP contribution in [0.5, 0.6) is 5.75 Å². The minimum absolute atomic E-state index is 0.258. The van der Waals surface area contributed by atoms with Crippen LogP contribution in [0, 0.1) is 6.92 Å². The van der Waals surface area contributed by atoms with Crippen LogP contribution in [0.15, 0.2) is 48.5 Å². The number of aromatic hydroxyl groups is 1. The molecule has 0 bridgehead atoms. The van der Waals surface area contributed by atoms with Crippen LogP contribution in [-0.4, -0.2) is 30.9 Å². The zero-order valence-electron chi connectivity index (χ0n) is 12.2. The Morgan fingerprint density at radius 1 is 1.05 bits per heavy atom. The zero-order valence-corrected chi connectivity index (χ0v) is 12.2. The number of rotatable bonds is 4. The van der Waals surface area contributed by atoms with Crippen molar-refractivity contribution >= 4 is 11.4 Å². The molecule has 2 aromatic carbocycles. The molecule has 0 radical (unpaired) electrons. The first-order valence-electron chi connectivity index (χ1n) is 7.32. The Morgan fingerprint density at radius 2 is 1.76 bits per heavy atom. The SMILES string of the molecule is Cc1ccc(N(CC2NCCN2)c2cccc(O)c2)cc1. The number of phenolic OH excluding ortho intramolecular Hbond substituents is 1. The summed E-state index contributed by atoms with van der Waals surface area (Å²) in [5, 5.41) is 16.6. The Morgan fingerprint density at radius 3 is 2.43 bits per heavy atom. The van der Waals surface area contributed by atoms with Crippen molar-refractivity contribution in [3.63, 3.8) is 0 Å². The van der Waals surface area contributed by atoms with E-state index < -0.39 is 0 Å². The highest BCUT2D eigenvalue weighted by Gasteiger charge is 2.19. The maximum absolute atomic E-state index is 9.76. The van der Waals surface area contributed by atoms with Crippen LogP contribution < -0.4 is 15.5 Å². The summed E-state index contributed by atoms with van der Waals surface area (Å²) in [5.74, 6) is 0.289. The van der Waals surface area contributed by atoms with Crippen molar-refractivity contribution in [3.8, 4) is 5.75 Å². The molecule has 4 nitrogen and oxygen atoms in total. The second-order valence-electron chi connectivity index (χ2n) is 5.43. The summed E-state index contributed by atoms with van der Waals surface area (Å²) in [6.07, 6.45) is 0.258. The molecule has 1 fully saturated rings. The first-order chi connectivity index (χ1) is 10.2. The highest BCUT2D eigenvalue weighted by Crippen LogP contribution is 2.28. The molecule has 2 aromatic rings. The van der Waals surface area contributed by atoms with Gasteiger partial charge in [-0.25, -0.2) is 0 Å². The van der Waals surface area contributed by atoms with Gasteiger partial charge in [-0.05, 0) is 31.2 Å². The zero-order chi connectivity index (χ0) is 14.7. The molecule has 0 spiro atoms. The van der Waals surface area contributed by atoms with E-state index in [1.165, 1.54) is 5.56 Å². The molecule has 1 saturated heterocycles. The van der Waals surface area contributed by atoms with Crippen LogP contribution in [0.3, 0.4) is 0 Å². The van der Waals surface area contributed by atoms with Crippen molar-refractivity contribution in [2.24, 2.45) is 0 Å². The van der Waals surface area contributed by atoms with Crippen molar-refractivity contribution in [3.05, 3.63) is 54.1 Å². The molecule has 0 aliphatic carbocycles. The van der Waals surface area contributed by atoms with E-state index in [1.807, 2.05) is 12.1 Å². The highest BCUT2D eigenvalue weighted by atomic mass is 16.3. The third kappa shape index (κ3) is 3.35. The average molecular weight is 283 g/mol. The summed E-state index contributed by atoms with van der Waals surface area (Å²) in [7, 11) is 0. The Hall–Kier alpha value is -2.04. The fourth-order valence-corrected chi connectivity index (χ4v) is 2.62. The molecule has 0 saturated carbocycles. The van der Waals surface area contributed by atoms with Gasteiger partial charge in [-0.2, -0.15) is 0 Å². The standard InChI is InChI=1S/C17H21N3O/c1-13-5-7-14(8-6-13)20(12-17-18-9-10-19-17)15-3-2-4-16(21)11-15/h2-8,11,17-19,21H,9-10,12H2,1H3. The summed E-state index contributed by atoms with van der Waals surface area (Å²) < 4.78 is 0. The van der Waals surface area contributed by atoms with E-state index in [2.05, 4.69) is 46.7 Å². The minimum Gasteiger partial charge on any atom is -0.508 e. The fraction of sp³-hybridized carbons (Fsp3) is 0.294. The number of phenols is 1. The third-order valence-electron chi connectivity index (χ3n) is 3.76. The largest absolute Gasteiger partial charge is 0.508 e. The van der Waals surface area contributed by atoms with Crippen LogP contribution in [0.25, 0.3) is 0 Å². The van der Waals surface area contributed by atoms with E-state index in [4.69, 9.17) is 0 Å². The molecule has 1 heterocycles. The van der Waals surface area contributed by atoms with Crippen molar-refractivity contribution in [1.29, 1.82) is 0 Å². The lowest BCUT2D eigenvalue weighted by atomic mass is 10.2. The van der Waals surface area contributed by atoms with Gasteiger partial charge < -0.3 is 10.0 Å². The summed E-state index contributed by atoms with van der Waals surface area (Å²) >= 11 is 0. The molecule has 1 aliphatic heterocycles. The maximum atomic E-state index is 9.76. The lowest BCUT2D eigenvalue weighted by Crippen LogP contribution is -2.41. The highest BCUT2D eigenvalue weighted by molar-refractivity contribution is 5.64. The van der Waals surface area contributed by atoms with E-state index in [-0.39, 0.29) is 11.9 Å². The van der Waals surface area contributed by atoms with Gasteiger partial charge in [-0.1, -0.05) is 23.8 Å². The van der Waals surface area contributed by atoms with Crippen LogP contribution in [-0.2, 0) is 0 Å². The van der Waals surface area contributed by atoms with Gasteiger partial charge in [0.05, 0.1) is 12.7 Å². The van der Waals surface area contributed by atoms with E-state index >= 15 is 0 Å². The van der Waals surface area contributed by atoms with Gasteiger partial charge in [0.15, 0.2) is 0 Å². The Kier molecular flexibility index (Phi) is 4.08. The number of aryl methyl sites for hydroxylation is 1. The average Bonchev–Trinajstić information content (AvgIpc) is 2.99. The quantitative estimate of drug-likeness (QED) is 0.806. The lowest BCUT2D eigenvalue weighted by Gasteiger charge is -2.28. The molecule has 3 rings (SSSR count). The molecule has 110 valence electrons. The van der Waals surface area contributed by atoms with Crippen molar-refractivity contribution in [2.45, 2.75) is 13.1 Å². The minimum atomic E-state index is 0.258. The first kappa shape index (κ1) is 13.9. The molecule has 3 N–H and O–H groups in total. The number of nitrogens with one attached hydrogen (secondary N) is 2. The summed E-state index contributed by atoms with van der Waals surface area (Å²) in [4.78, 5) is 2.22. The topological polar surface area (TPSA) is 47.5 Å². The van der Waals surface area contributed by atoms with Gasteiger partial charge in [0.1, 0.15) is 5.75 Å². The predicted octanol–water partition coefficient (Wildman–Crippen LogP) is 2.36. The molecule has 21 heavy (non-hydrogen) atoms. The van der Waals surface area contributed by atoms with Crippen molar-refractivity contribution in [2.75, 3.05) is 24.5 Å². The van der Waals surface area contributed by atoms with Crippen LogP contribution in [0.2, 0.25) is 0 Å². The summed E-state index contributed by atoms with van der Waals surface area (Å²) in [6.45, 7) is 4.88. The van der Waals surface area contributed by atoms with Gasteiger partial charge in [-0.15, -0.1) is 0 Å². The molecule has 4 heteroatoms. The smallest absolute Gasteiger partial charge is 0.117 e. The normalized spacial score (nSPS) is 15.3. The third-order valence-corrected chi connectivity index (χ3v) is 3.76. The molecule has 0 atom stereocenters. The first-order valence-corrected chi connectivity index (χ1v) is 7.32.